The SMILES string of the molecule is CC.CCC.CCC.CCC.Cc1ccccc1OCC1CO1.Cc1ccccc1OCC1CO1.c1ccc(OCC2CO2)cc1.c1ccc(OCC2CO2)cc1.c1ccc(OCC2CO2)cc1. The van der Waals surface area contributed by atoms with Crippen LogP contribution in [0.3, 0.4) is 0 Å². The molecule has 5 unspecified atom stereocenters. The Labute approximate surface area is 410 Å². The fourth-order valence-corrected chi connectivity index (χ4v) is 4.74. The van der Waals surface area contributed by atoms with Crippen LogP contribution in [-0.4, -0.2) is 96.6 Å². The summed E-state index contributed by atoms with van der Waals surface area (Å²) in [6.07, 6.45) is 5.45. The van der Waals surface area contributed by atoms with Crippen LogP contribution in [0, 0.1) is 13.8 Å². The standard InChI is InChI=1S/2C10H12O2.3C9H10O2.3C3H8.C2H6/c2*1-8-4-2-3-5-10(8)12-7-9-6-11-9;3*1-2-4-8(5-3-1)10-6-9-7-11-9;3*1-3-2;1-2/h2*2-5,9H,6-7H2,1H3;3*1-5,9H,6-7H2;3*3H2,1-2H3;1-2H3. The Morgan fingerprint density at radius 1 is 0.324 bits per heavy atom. The van der Waals surface area contributed by atoms with Crippen molar-refractivity contribution in [3.05, 3.63) is 151 Å². The second-order valence-electron chi connectivity index (χ2n) is 15.9. The minimum Gasteiger partial charge on any atom is -0.491 e. The van der Waals surface area contributed by atoms with Crippen molar-refractivity contribution in [3.8, 4) is 28.7 Å². The Kier molecular flexibility index (Phi) is 33.7. The van der Waals surface area contributed by atoms with Gasteiger partial charge in [-0.3, -0.25) is 0 Å². The summed E-state index contributed by atoms with van der Waals surface area (Å²) in [5.41, 5.74) is 2.36. The molecule has 5 aromatic rings. The van der Waals surface area contributed by atoms with Crippen LogP contribution in [0.25, 0.3) is 0 Å². The van der Waals surface area contributed by atoms with Gasteiger partial charge in [0.05, 0.1) is 33.0 Å². The highest BCUT2D eigenvalue weighted by Gasteiger charge is 2.25. The van der Waals surface area contributed by atoms with Gasteiger partial charge in [-0.1, -0.05) is 166 Å². The maximum atomic E-state index is 5.54. The van der Waals surface area contributed by atoms with Gasteiger partial charge in [0.15, 0.2) is 0 Å². The summed E-state index contributed by atoms with van der Waals surface area (Å²) in [6, 6.07) is 45.4. The first-order chi connectivity index (χ1) is 33.3. The van der Waals surface area contributed by atoms with Crippen molar-refractivity contribution in [1.29, 1.82) is 0 Å². The fraction of sp³-hybridized carbons (Fsp3) is 0.483. The topological polar surface area (TPSA) is 109 Å². The van der Waals surface area contributed by atoms with Gasteiger partial charge < -0.3 is 47.4 Å². The third kappa shape index (κ3) is 33.4. The second kappa shape index (κ2) is 38.8. The molecule has 0 amide bonds. The predicted molar refractivity (Wildman–Crippen MR) is 277 cm³/mol. The molecule has 0 aliphatic carbocycles. The van der Waals surface area contributed by atoms with Gasteiger partial charge in [0, 0.05) is 0 Å². The molecule has 10 nitrogen and oxygen atoms in total. The zero-order chi connectivity index (χ0) is 49.5. The van der Waals surface area contributed by atoms with Crippen molar-refractivity contribution in [2.24, 2.45) is 0 Å². The van der Waals surface area contributed by atoms with Gasteiger partial charge >= 0.3 is 0 Å². The van der Waals surface area contributed by atoms with Crippen LogP contribution < -0.4 is 23.7 Å². The Morgan fingerprint density at radius 3 is 0.721 bits per heavy atom. The summed E-state index contributed by atoms with van der Waals surface area (Å²) >= 11 is 0. The van der Waals surface area contributed by atoms with Crippen molar-refractivity contribution >= 4 is 0 Å². The third-order valence-electron chi connectivity index (χ3n) is 8.59. The molecule has 5 aromatic carbocycles. The maximum absolute atomic E-state index is 5.54. The van der Waals surface area contributed by atoms with Crippen LogP contribution in [0.2, 0.25) is 0 Å². The van der Waals surface area contributed by atoms with E-state index in [1.54, 1.807) is 0 Å². The normalized spacial score (nSPS) is 18.5. The zero-order valence-corrected chi connectivity index (χ0v) is 42.9. The average Bonchev–Trinajstić information content (AvgIpc) is 4.16. The first-order valence-corrected chi connectivity index (χ1v) is 24.8. The molecule has 5 saturated heterocycles. The summed E-state index contributed by atoms with van der Waals surface area (Å²) in [7, 11) is 0. The van der Waals surface area contributed by atoms with E-state index in [-0.39, 0.29) is 0 Å². The Morgan fingerprint density at radius 2 is 0.515 bits per heavy atom. The maximum Gasteiger partial charge on any atom is 0.122 e. The Balaban J connectivity index is 0.000000277. The van der Waals surface area contributed by atoms with Gasteiger partial charge in [-0.05, 0) is 73.5 Å². The predicted octanol–water partition coefficient (Wildman–Crippen LogP) is 13.2. The minimum absolute atomic E-state index is 0.338. The van der Waals surface area contributed by atoms with Gasteiger partial charge in [0.25, 0.3) is 0 Å². The lowest BCUT2D eigenvalue weighted by molar-refractivity contribution is 0.262. The van der Waals surface area contributed by atoms with Crippen molar-refractivity contribution in [3.63, 3.8) is 0 Å². The van der Waals surface area contributed by atoms with E-state index in [0.29, 0.717) is 63.6 Å². The Hall–Kier alpha value is -5.10. The van der Waals surface area contributed by atoms with Crippen molar-refractivity contribution in [2.45, 2.75) is 119 Å². The van der Waals surface area contributed by atoms with Crippen LogP contribution in [0.5, 0.6) is 28.7 Å². The highest BCUT2D eigenvalue weighted by molar-refractivity contribution is 5.32. The molecule has 10 rings (SSSR count). The molecule has 376 valence electrons. The molecular weight excluding hydrogens is 857 g/mol. The van der Waals surface area contributed by atoms with E-state index in [9.17, 15) is 0 Å². The van der Waals surface area contributed by atoms with Crippen LogP contribution in [0.1, 0.15) is 85.8 Å². The van der Waals surface area contributed by atoms with Gasteiger partial charge in [-0.2, -0.15) is 0 Å². The lowest BCUT2D eigenvalue weighted by Gasteiger charge is -2.06. The van der Waals surface area contributed by atoms with E-state index in [2.05, 4.69) is 41.5 Å². The molecule has 10 heteroatoms. The first-order valence-electron chi connectivity index (χ1n) is 24.8. The number of hydrogen-bond acceptors (Lipinski definition) is 10. The number of ether oxygens (including phenoxy) is 10. The van der Waals surface area contributed by atoms with Gasteiger partial charge in [0.2, 0.25) is 0 Å². The van der Waals surface area contributed by atoms with Crippen molar-refractivity contribution in [2.75, 3.05) is 66.1 Å². The number of rotatable bonds is 15. The van der Waals surface area contributed by atoms with E-state index in [1.807, 2.05) is 167 Å². The molecular formula is C58H84O10. The van der Waals surface area contributed by atoms with Gasteiger partial charge in [-0.15, -0.1) is 0 Å². The molecule has 5 atom stereocenters. The lowest BCUT2D eigenvalue weighted by atomic mass is 10.2. The quantitative estimate of drug-likeness (QED) is 0.0941. The van der Waals surface area contributed by atoms with Gasteiger partial charge in [0.1, 0.15) is 92.3 Å². The van der Waals surface area contributed by atoms with E-state index in [0.717, 1.165) is 61.8 Å². The largest absolute Gasteiger partial charge is 0.491 e. The highest BCUT2D eigenvalue weighted by atomic mass is 16.6. The summed E-state index contributed by atoms with van der Waals surface area (Å²) in [6.45, 7) is 28.5. The molecule has 0 N–H and O–H groups in total. The number of para-hydroxylation sites is 5. The number of hydrogen-bond donors (Lipinski definition) is 0. The van der Waals surface area contributed by atoms with E-state index >= 15 is 0 Å². The number of aryl methyl sites for hydroxylation is 2. The van der Waals surface area contributed by atoms with Crippen LogP contribution in [-0.2, 0) is 23.7 Å². The molecule has 5 aliphatic rings. The summed E-state index contributed by atoms with van der Waals surface area (Å²) in [5, 5.41) is 0. The molecule has 0 spiro atoms. The molecule has 5 fully saturated rings. The van der Waals surface area contributed by atoms with E-state index < -0.39 is 0 Å². The summed E-state index contributed by atoms with van der Waals surface area (Å²) in [5.74, 6) is 4.69. The molecule has 5 aliphatic heterocycles. The molecule has 0 radical (unpaired) electrons. The summed E-state index contributed by atoms with van der Waals surface area (Å²) < 4.78 is 52.4. The average molecular weight is 941 g/mol. The van der Waals surface area contributed by atoms with Gasteiger partial charge in [-0.25, -0.2) is 0 Å². The molecule has 0 aromatic heterocycles. The zero-order valence-electron chi connectivity index (χ0n) is 42.9. The van der Waals surface area contributed by atoms with Crippen LogP contribution in [0.15, 0.2) is 140 Å². The monoisotopic (exact) mass is 941 g/mol. The van der Waals surface area contributed by atoms with Crippen LogP contribution >= 0.6 is 0 Å². The third-order valence-corrected chi connectivity index (χ3v) is 8.59. The number of epoxide rings is 5. The minimum atomic E-state index is 0.338. The second-order valence-corrected chi connectivity index (χ2v) is 15.9. The first kappa shape index (κ1) is 59.0. The number of benzene rings is 5. The molecule has 68 heavy (non-hydrogen) atoms. The molecule has 5 heterocycles. The smallest absolute Gasteiger partial charge is 0.122 e. The molecule has 0 bridgehead atoms. The van der Waals surface area contributed by atoms with E-state index in [4.69, 9.17) is 47.4 Å². The van der Waals surface area contributed by atoms with Crippen molar-refractivity contribution < 1.29 is 47.4 Å². The lowest BCUT2D eigenvalue weighted by Crippen LogP contribution is -2.04. The highest BCUT2D eigenvalue weighted by Crippen LogP contribution is 2.20. The molecule has 0 saturated carbocycles. The van der Waals surface area contributed by atoms with Crippen LogP contribution in [0.4, 0.5) is 0 Å². The van der Waals surface area contributed by atoms with E-state index in [1.165, 1.54) is 30.4 Å². The van der Waals surface area contributed by atoms with Crippen molar-refractivity contribution in [1.82, 2.24) is 0 Å². The fourth-order valence-electron chi connectivity index (χ4n) is 4.74. The summed E-state index contributed by atoms with van der Waals surface area (Å²) in [4.78, 5) is 0. The Bertz CT molecular complexity index is 1680.